The Balaban J connectivity index is 2.74. The molecule has 0 saturated carbocycles. The van der Waals surface area contributed by atoms with Crippen LogP contribution in [0.15, 0.2) is 24.3 Å². The van der Waals surface area contributed by atoms with E-state index in [1.165, 1.54) is 5.56 Å². The summed E-state index contributed by atoms with van der Waals surface area (Å²) in [6.07, 6.45) is -0.389. The summed E-state index contributed by atoms with van der Waals surface area (Å²) in [5.74, 6) is 0. The van der Waals surface area contributed by atoms with Gasteiger partial charge in [0.05, 0.1) is 6.10 Å². The summed E-state index contributed by atoms with van der Waals surface area (Å²) in [4.78, 5) is 0. The summed E-state index contributed by atoms with van der Waals surface area (Å²) in [7, 11) is 0. The highest BCUT2D eigenvalue weighted by Gasteiger charge is 2.06. The second-order valence-electron chi connectivity index (χ2n) is 3.91. The molecule has 2 nitrogen and oxygen atoms in total. The normalized spacial score (nSPS) is 13.2. The number of nitrogens with one attached hydrogen (secondary N) is 1. The summed E-state index contributed by atoms with van der Waals surface area (Å²) in [6, 6.07) is 8.46. The summed E-state index contributed by atoms with van der Waals surface area (Å²) >= 11 is 0. The predicted octanol–water partition coefficient (Wildman–Crippen LogP) is 2.24. The fourth-order valence-electron chi connectivity index (χ4n) is 1.42. The Morgan fingerprint density at radius 1 is 1.21 bits per heavy atom. The standard InChI is InChI=1S/C12H19NO/c1-9(2)13-8-11-6-4-5-7-12(11)10(3)14/h4-7,9-10,13-14H,8H2,1-3H3. The van der Waals surface area contributed by atoms with Gasteiger partial charge in [0.25, 0.3) is 0 Å². The van der Waals surface area contributed by atoms with Gasteiger partial charge in [0.1, 0.15) is 0 Å². The van der Waals surface area contributed by atoms with Crippen molar-refractivity contribution < 1.29 is 5.11 Å². The molecule has 14 heavy (non-hydrogen) atoms. The lowest BCUT2D eigenvalue weighted by atomic mass is 10.0. The molecule has 1 atom stereocenters. The summed E-state index contributed by atoms with van der Waals surface area (Å²) in [6.45, 7) is 6.85. The van der Waals surface area contributed by atoms with Gasteiger partial charge in [-0.3, -0.25) is 0 Å². The van der Waals surface area contributed by atoms with E-state index in [1.807, 2.05) is 18.2 Å². The van der Waals surface area contributed by atoms with Gasteiger partial charge in [0, 0.05) is 12.6 Å². The van der Waals surface area contributed by atoms with Gasteiger partial charge >= 0.3 is 0 Å². The molecule has 0 aliphatic carbocycles. The number of hydrogen-bond acceptors (Lipinski definition) is 2. The summed E-state index contributed by atoms with van der Waals surface area (Å²) < 4.78 is 0. The molecule has 78 valence electrons. The average Bonchev–Trinajstić information content (AvgIpc) is 2.15. The average molecular weight is 193 g/mol. The molecule has 2 heteroatoms. The van der Waals surface area contributed by atoms with E-state index in [0.717, 1.165) is 12.1 Å². The van der Waals surface area contributed by atoms with Crippen LogP contribution in [0.3, 0.4) is 0 Å². The molecule has 0 aliphatic rings. The Bertz CT molecular complexity index is 281. The highest BCUT2D eigenvalue weighted by molar-refractivity contribution is 5.28. The highest BCUT2D eigenvalue weighted by Crippen LogP contribution is 2.17. The number of benzene rings is 1. The molecule has 0 aromatic heterocycles. The van der Waals surface area contributed by atoms with Crippen molar-refractivity contribution in [3.8, 4) is 0 Å². The van der Waals surface area contributed by atoms with Crippen molar-refractivity contribution in [2.45, 2.75) is 39.5 Å². The Labute approximate surface area is 86.0 Å². The van der Waals surface area contributed by atoms with E-state index < -0.39 is 0 Å². The lowest BCUT2D eigenvalue weighted by Crippen LogP contribution is -2.22. The molecule has 0 saturated heterocycles. The van der Waals surface area contributed by atoms with E-state index >= 15 is 0 Å². The first-order valence-corrected chi connectivity index (χ1v) is 5.10. The molecule has 0 amide bonds. The van der Waals surface area contributed by atoms with E-state index in [9.17, 15) is 5.11 Å². The van der Waals surface area contributed by atoms with Gasteiger partial charge in [0.2, 0.25) is 0 Å². The van der Waals surface area contributed by atoms with Crippen LogP contribution in [-0.4, -0.2) is 11.1 Å². The Morgan fingerprint density at radius 3 is 2.43 bits per heavy atom. The predicted molar refractivity (Wildman–Crippen MR) is 59.1 cm³/mol. The first-order valence-electron chi connectivity index (χ1n) is 5.10. The van der Waals surface area contributed by atoms with Crippen molar-refractivity contribution in [2.24, 2.45) is 0 Å². The van der Waals surface area contributed by atoms with E-state index in [-0.39, 0.29) is 6.10 Å². The van der Waals surface area contributed by atoms with Crippen LogP contribution in [0.1, 0.15) is 38.0 Å². The van der Waals surface area contributed by atoms with Gasteiger partial charge in [-0.05, 0) is 18.1 Å². The first-order chi connectivity index (χ1) is 6.61. The maximum absolute atomic E-state index is 9.54. The van der Waals surface area contributed by atoms with Crippen molar-refractivity contribution >= 4 is 0 Å². The second kappa shape index (κ2) is 5.13. The van der Waals surface area contributed by atoms with Gasteiger partial charge in [-0.15, -0.1) is 0 Å². The summed E-state index contributed by atoms with van der Waals surface area (Å²) in [5.41, 5.74) is 2.19. The zero-order valence-corrected chi connectivity index (χ0v) is 9.12. The van der Waals surface area contributed by atoms with Crippen LogP contribution in [0.25, 0.3) is 0 Å². The maximum Gasteiger partial charge on any atom is 0.0765 e. The minimum absolute atomic E-state index is 0.389. The van der Waals surface area contributed by atoms with Gasteiger partial charge in [-0.1, -0.05) is 38.1 Å². The monoisotopic (exact) mass is 193 g/mol. The fourth-order valence-corrected chi connectivity index (χ4v) is 1.42. The van der Waals surface area contributed by atoms with E-state index in [2.05, 4.69) is 25.2 Å². The van der Waals surface area contributed by atoms with Gasteiger partial charge < -0.3 is 10.4 Å². The van der Waals surface area contributed by atoms with Crippen LogP contribution < -0.4 is 5.32 Å². The largest absolute Gasteiger partial charge is 0.389 e. The van der Waals surface area contributed by atoms with Gasteiger partial charge in [-0.2, -0.15) is 0 Å². The number of hydrogen-bond donors (Lipinski definition) is 2. The molecule has 1 aromatic carbocycles. The molecule has 1 unspecified atom stereocenters. The third-order valence-electron chi connectivity index (χ3n) is 2.21. The lowest BCUT2D eigenvalue weighted by Gasteiger charge is -2.14. The van der Waals surface area contributed by atoms with Crippen LogP contribution in [-0.2, 0) is 6.54 Å². The molecular weight excluding hydrogens is 174 g/mol. The molecular formula is C12H19NO. The number of rotatable bonds is 4. The Hall–Kier alpha value is -0.860. The minimum Gasteiger partial charge on any atom is -0.389 e. The van der Waals surface area contributed by atoms with E-state index in [1.54, 1.807) is 6.92 Å². The minimum atomic E-state index is -0.389. The van der Waals surface area contributed by atoms with Crippen LogP contribution >= 0.6 is 0 Å². The molecule has 2 N–H and O–H groups in total. The smallest absolute Gasteiger partial charge is 0.0765 e. The molecule has 0 spiro atoms. The maximum atomic E-state index is 9.54. The molecule has 1 aromatic rings. The second-order valence-corrected chi connectivity index (χ2v) is 3.91. The van der Waals surface area contributed by atoms with Gasteiger partial charge in [-0.25, -0.2) is 0 Å². The van der Waals surface area contributed by atoms with Crippen molar-refractivity contribution in [3.05, 3.63) is 35.4 Å². The highest BCUT2D eigenvalue weighted by atomic mass is 16.3. The number of aliphatic hydroxyl groups is 1. The first kappa shape index (κ1) is 11.2. The van der Waals surface area contributed by atoms with Crippen molar-refractivity contribution in [1.82, 2.24) is 5.32 Å². The van der Waals surface area contributed by atoms with Crippen molar-refractivity contribution in [2.75, 3.05) is 0 Å². The molecule has 1 rings (SSSR count). The van der Waals surface area contributed by atoms with Gasteiger partial charge in [0.15, 0.2) is 0 Å². The van der Waals surface area contributed by atoms with Crippen molar-refractivity contribution in [3.63, 3.8) is 0 Å². The summed E-state index contributed by atoms with van der Waals surface area (Å²) in [5, 5.41) is 12.9. The van der Waals surface area contributed by atoms with Crippen LogP contribution in [0.2, 0.25) is 0 Å². The van der Waals surface area contributed by atoms with E-state index in [0.29, 0.717) is 6.04 Å². The molecule has 0 bridgehead atoms. The Morgan fingerprint density at radius 2 is 1.86 bits per heavy atom. The van der Waals surface area contributed by atoms with Crippen LogP contribution in [0, 0.1) is 0 Å². The van der Waals surface area contributed by atoms with E-state index in [4.69, 9.17) is 0 Å². The Kier molecular flexibility index (Phi) is 4.11. The third kappa shape index (κ3) is 3.13. The quantitative estimate of drug-likeness (QED) is 0.768. The number of aliphatic hydroxyl groups excluding tert-OH is 1. The molecule has 0 radical (unpaired) electrons. The third-order valence-corrected chi connectivity index (χ3v) is 2.21. The van der Waals surface area contributed by atoms with Crippen LogP contribution in [0.4, 0.5) is 0 Å². The zero-order valence-electron chi connectivity index (χ0n) is 9.12. The zero-order chi connectivity index (χ0) is 10.6. The molecule has 0 fully saturated rings. The molecule has 0 heterocycles. The SMILES string of the molecule is CC(C)NCc1ccccc1C(C)O. The van der Waals surface area contributed by atoms with Crippen LogP contribution in [0.5, 0.6) is 0 Å². The fraction of sp³-hybridized carbons (Fsp3) is 0.500. The topological polar surface area (TPSA) is 32.3 Å². The lowest BCUT2D eigenvalue weighted by molar-refractivity contribution is 0.198. The van der Waals surface area contributed by atoms with Crippen molar-refractivity contribution in [1.29, 1.82) is 0 Å². The molecule has 0 aliphatic heterocycles.